The van der Waals surface area contributed by atoms with Crippen molar-refractivity contribution in [3.05, 3.63) is 23.8 Å². The second-order valence-electron chi connectivity index (χ2n) is 4.77. The molecule has 0 radical (unpaired) electrons. The smallest absolute Gasteiger partial charge is 0.181 e. The van der Waals surface area contributed by atoms with E-state index < -0.39 is 9.84 Å². The van der Waals surface area contributed by atoms with Crippen molar-refractivity contribution in [3.63, 3.8) is 0 Å². The van der Waals surface area contributed by atoms with Gasteiger partial charge in [-0.2, -0.15) is 0 Å². The third-order valence-corrected chi connectivity index (χ3v) is 5.82. The predicted molar refractivity (Wildman–Crippen MR) is 70.8 cm³/mol. The van der Waals surface area contributed by atoms with Gasteiger partial charge in [-0.3, -0.25) is 0 Å². The number of rotatable bonds is 4. The van der Waals surface area contributed by atoms with Gasteiger partial charge in [-0.1, -0.05) is 0 Å². The van der Waals surface area contributed by atoms with Crippen molar-refractivity contribution in [2.45, 2.75) is 36.0 Å². The first-order valence-corrected chi connectivity index (χ1v) is 7.61. The van der Waals surface area contributed by atoms with E-state index in [1.165, 1.54) is 0 Å². The summed E-state index contributed by atoms with van der Waals surface area (Å²) in [6, 6.07) is 5.39. The van der Waals surface area contributed by atoms with Crippen LogP contribution in [0.5, 0.6) is 5.75 Å². The first-order chi connectivity index (χ1) is 8.48. The van der Waals surface area contributed by atoms with Gasteiger partial charge in [0.25, 0.3) is 0 Å². The Kier molecular flexibility index (Phi) is 3.64. The molecule has 0 spiro atoms. The van der Waals surface area contributed by atoms with Crippen molar-refractivity contribution >= 4 is 9.84 Å². The van der Waals surface area contributed by atoms with E-state index in [9.17, 15) is 8.42 Å². The largest absolute Gasteiger partial charge is 0.497 e. The van der Waals surface area contributed by atoms with E-state index in [-0.39, 0.29) is 11.3 Å². The highest BCUT2D eigenvalue weighted by Gasteiger charge is 2.37. The van der Waals surface area contributed by atoms with E-state index in [4.69, 9.17) is 4.74 Å². The fraction of sp³-hybridized carbons (Fsp3) is 0.538. The maximum atomic E-state index is 12.4. The molecule has 1 aliphatic heterocycles. The molecular formula is C13H19NO3S. The second-order valence-corrected chi connectivity index (χ2v) is 6.97. The molecule has 0 saturated carbocycles. The Morgan fingerprint density at radius 3 is 2.83 bits per heavy atom. The summed E-state index contributed by atoms with van der Waals surface area (Å²) in [6.45, 7) is 2.00. The van der Waals surface area contributed by atoms with Crippen LogP contribution >= 0.6 is 0 Å². The summed E-state index contributed by atoms with van der Waals surface area (Å²) >= 11 is 0. The summed E-state index contributed by atoms with van der Waals surface area (Å²) in [4.78, 5) is 0.469. The van der Waals surface area contributed by atoms with Gasteiger partial charge in [0, 0.05) is 6.04 Å². The minimum Gasteiger partial charge on any atom is -0.497 e. The summed E-state index contributed by atoms with van der Waals surface area (Å²) < 4.78 is 29.9. The fourth-order valence-corrected chi connectivity index (χ4v) is 4.44. The minimum atomic E-state index is -3.17. The molecule has 1 aromatic rings. The van der Waals surface area contributed by atoms with Gasteiger partial charge < -0.3 is 10.1 Å². The highest BCUT2D eigenvalue weighted by Crippen LogP contribution is 2.35. The van der Waals surface area contributed by atoms with Crippen LogP contribution in [0.4, 0.5) is 0 Å². The lowest BCUT2D eigenvalue weighted by atomic mass is 10.1. The number of hydrogen-bond donors (Lipinski definition) is 1. The number of hydrogen-bond acceptors (Lipinski definition) is 4. The van der Waals surface area contributed by atoms with Crippen LogP contribution in [0.25, 0.3) is 0 Å². The zero-order valence-electron chi connectivity index (χ0n) is 10.9. The summed E-state index contributed by atoms with van der Waals surface area (Å²) in [5, 5.41) is 2.77. The molecule has 2 unspecified atom stereocenters. The molecule has 2 atom stereocenters. The van der Waals surface area contributed by atoms with Crippen molar-refractivity contribution in [2.24, 2.45) is 0 Å². The van der Waals surface area contributed by atoms with Crippen molar-refractivity contribution in [1.29, 1.82) is 0 Å². The van der Waals surface area contributed by atoms with Crippen LogP contribution in [0.2, 0.25) is 0 Å². The Labute approximate surface area is 108 Å². The molecule has 0 aromatic heterocycles. The Morgan fingerprint density at radius 1 is 1.50 bits per heavy atom. The van der Waals surface area contributed by atoms with E-state index in [1.807, 2.05) is 20.0 Å². The molecule has 1 heterocycles. The van der Waals surface area contributed by atoms with Crippen molar-refractivity contribution in [1.82, 2.24) is 5.32 Å². The Bertz CT molecular complexity index is 539. The maximum Gasteiger partial charge on any atom is 0.181 e. The zero-order valence-corrected chi connectivity index (χ0v) is 11.8. The summed E-state index contributed by atoms with van der Waals surface area (Å²) in [6.07, 6.45) is 1.22. The van der Waals surface area contributed by atoms with Crippen molar-refractivity contribution < 1.29 is 13.2 Å². The molecule has 1 aliphatic rings. The van der Waals surface area contributed by atoms with Gasteiger partial charge in [0.1, 0.15) is 5.75 Å². The van der Waals surface area contributed by atoms with Crippen LogP contribution in [0.1, 0.15) is 18.9 Å². The molecule has 0 bridgehead atoms. The normalized spacial score (nSPS) is 22.5. The van der Waals surface area contributed by atoms with Gasteiger partial charge >= 0.3 is 0 Å². The lowest BCUT2D eigenvalue weighted by Gasteiger charge is -2.15. The number of fused-ring (bicyclic) bond motifs is 1. The van der Waals surface area contributed by atoms with Crippen LogP contribution in [-0.2, 0) is 16.3 Å². The molecule has 100 valence electrons. The van der Waals surface area contributed by atoms with Crippen LogP contribution in [0.3, 0.4) is 0 Å². The predicted octanol–water partition coefficient (Wildman–Crippen LogP) is 1.39. The molecule has 4 nitrogen and oxygen atoms in total. The second kappa shape index (κ2) is 4.90. The number of methoxy groups -OCH3 is 1. The van der Waals surface area contributed by atoms with Crippen LogP contribution < -0.4 is 10.1 Å². The topological polar surface area (TPSA) is 55.4 Å². The molecule has 0 saturated heterocycles. The summed E-state index contributed by atoms with van der Waals surface area (Å²) in [5.74, 6) is 0.714. The van der Waals surface area contributed by atoms with Gasteiger partial charge in [-0.05, 0) is 50.6 Å². The fourth-order valence-electron chi connectivity index (χ4n) is 2.38. The highest BCUT2D eigenvalue weighted by atomic mass is 32.2. The average Bonchev–Trinajstić information content (AvgIpc) is 2.60. The van der Waals surface area contributed by atoms with E-state index in [1.54, 1.807) is 19.2 Å². The van der Waals surface area contributed by atoms with Gasteiger partial charge in [-0.15, -0.1) is 0 Å². The van der Waals surface area contributed by atoms with Crippen LogP contribution in [0.15, 0.2) is 23.1 Å². The standard InChI is InChI=1S/C13H19NO3S/c1-9(14-2)6-12-8-10-7-11(17-3)4-5-13(10)18(12,15)16/h4-5,7,9,12,14H,6,8H2,1-3H3. The van der Waals surface area contributed by atoms with Gasteiger partial charge in [0.05, 0.1) is 17.3 Å². The first kappa shape index (κ1) is 13.4. The lowest BCUT2D eigenvalue weighted by molar-refractivity contribution is 0.414. The van der Waals surface area contributed by atoms with Gasteiger partial charge in [0.2, 0.25) is 0 Å². The lowest BCUT2D eigenvalue weighted by Crippen LogP contribution is -2.29. The summed E-state index contributed by atoms with van der Waals surface area (Å²) in [5.41, 5.74) is 0.877. The SMILES string of the molecule is CNC(C)CC1Cc2cc(OC)ccc2S1(=O)=O. The molecule has 2 rings (SSSR count). The first-order valence-electron chi connectivity index (χ1n) is 6.07. The third kappa shape index (κ3) is 2.24. The number of benzene rings is 1. The Morgan fingerprint density at radius 2 is 2.22 bits per heavy atom. The highest BCUT2D eigenvalue weighted by molar-refractivity contribution is 7.92. The maximum absolute atomic E-state index is 12.4. The van der Waals surface area contributed by atoms with Gasteiger partial charge in [-0.25, -0.2) is 8.42 Å². The van der Waals surface area contributed by atoms with E-state index in [2.05, 4.69) is 5.32 Å². The quantitative estimate of drug-likeness (QED) is 0.897. The molecule has 18 heavy (non-hydrogen) atoms. The molecule has 1 N–H and O–H groups in total. The third-order valence-electron chi connectivity index (χ3n) is 3.57. The summed E-state index contributed by atoms with van der Waals surface area (Å²) in [7, 11) is 0.267. The molecule has 0 fully saturated rings. The van der Waals surface area contributed by atoms with Crippen LogP contribution in [-0.4, -0.2) is 33.9 Å². The van der Waals surface area contributed by atoms with Crippen molar-refractivity contribution in [3.8, 4) is 5.75 Å². The molecule has 1 aromatic carbocycles. The Hall–Kier alpha value is -1.07. The molecule has 0 amide bonds. The number of ether oxygens (including phenoxy) is 1. The molecule has 5 heteroatoms. The van der Waals surface area contributed by atoms with Gasteiger partial charge in [0.15, 0.2) is 9.84 Å². The number of sulfone groups is 1. The molecule has 0 aliphatic carbocycles. The molecular weight excluding hydrogens is 250 g/mol. The van der Waals surface area contributed by atoms with Crippen LogP contribution in [0, 0.1) is 0 Å². The van der Waals surface area contributed by atoms with E-state index in [0.29, 0.717) is 23.5 Å². The van der Waals surface area contributed by atoms with E-state index >= 15 is 0 Å². The average molecular weight is 269 g/mol. The minimum absolute atomic E-state index is 0.195. The van der Waals surface area contributed by atoms with E-state index in [0.717, 1.165) is 5.56 Å². The zero-order chi connectivity index (χ0) is 13.3. The Balaban J connectivity index is 2.32. The monoisotopic (exact) mass is 269 g/mol. The number of nitrogens with one attached hydrogen (secondary N) is 1. The van der Waals surface area contributed by atoms with Crippen molar-refractivity contribution in [2.75, 3.05) is 14.2 Å².